The molecular weight excluding hydrogens is 163 g/mol. The first-order chi connectivity index (χ1) is 3.30. The molecule has 0 saturated carbocycles. The second-order valence-electron chi connectivity index (χ2n) is 1.03. The van der Waals surface area contributed by atoms with E-state index in [1.807, 2.05) is 0 Å². The lowest BCUT2D eigenvalue weighted by atomic mass is 11.0. The van der Waals surface area contributed by atoms with E-state index in [0.29, 0.717) is 9.39 Å². The number of hydrogen-bond donors (Lipinski definition) is 0. The van der Waals surface area contributed by atoms with Crippen LogP contribution in [-0.2, 0) is 0 Å². The Morgan fingerprint density at radius 3 is 2.71 bits per heavy atom. The van der Waals surface area contributed by atoms with Gasteiger partial charge in [0.15, 0.2) is 0 Å². The molecule has 0 unspecified atom stereocenters. The highest BCUT2D eigenvalue weighted by atomic mass is 79.9. The lowest BCUT2D eigenvalue weighted by Crippen LogP contribution is -1.73. The molecule has 0 bridgehead atoms. The lowest BCUT2D eigenvalue weighted by Gasteiger charge is -1.78. The van der Waals surface area contributed by atoms with Crippen molar-refractivity contribution in [2.75, 3.05) is 0 Å². The maximum absolute atomic E-state index is 11.9. The number of hydrogen-bond acceptors (Lipinski definition) is 1. The quantitative estimate of drug-likeness (QED) is 0.567. The highest BCUT2D eigenvalue weighted by Gasteiger charge is 1.90. The molecule has 1 heterocycles. The maximum Gasteiger partial charge on any atom is 0.137 e. The third-order valence-corrected chi connectivity index (χ3v) is 1.10. The van der Waals surface area contributed by atoms with E-state index in [0.717, 1.165) is 6.33 Å². The van der Waals surface area contributed by atoms with Gasteiger partial charge in [-0.15, -0.1) is 0 Å². The molecule has 2 nitrogen and oxygen atoms in total. The second-order valence-corrected chi connectivity index (χ2v) is 1.84. The molecule has 0 spiro atoms. The van der Waals surface area contributed by atoms with Crippen molar-refractivity contribution in [2.24, 2.45) is 0 Å². The van der Waals surface area contributed by atoms with E-state index in [2.05, 4.69) is 20.9 Å². The molecule has 0 atom stereocenters. The van der Waals surface area contributed by atoms with Crippen LogP contribution in [0.1, 0.15) is 0 Å². The van der Waals surface area contributed by atoms with Gasteiger partial charge in [-0.1, -0.05) is 4.48 Å². The van der Waals surface area contributed by atoms with Crippen molar-refractivity contribution in [1.82, 2.24) is 9.77 Å². The molecule has 0 aliphatic rings. The van der Waals surface area contributed by atoms with Crippen LogP contribution >= 0.6 is 15.9 Å². The summed E-state index contributed by atoms with van der Waals surface area (Å²) in [5.74, 6) is 0. The molecule has 0 aromatic carbocycles. The van der Waals surface area contributed by atoms with E-state index < -0.39 is 0 Å². The molecule has 0 saturated heterocycles. The molecule has 38 valence electrons. The number of aromatic nitrogens is 2. The minimum atomic E-state index is 0.340. The Kier molecular flexibility index (Phi) is 1.10. The summed E-state index contributed by atoms with van der Waals surface area (Å²) >= 11 is 2.89. The van der Waals surface area contributed by atoms with Gasteiger partial charge in [0.2, 0.25) is 0 Å². The van der Waals surface area contributed by atoms with Crippen LogP contribution in [0.3, 0.4) is 0 Å². The standard InChI is InChI=1S/C3H2BrFN2/c4-3-1-6-2-7(3)5/h1-2H. The van der Waals surface area contributed by atoms with Crippen molar-refractivity contribution in [3.63, 3.8) is 0 Å². The minimum Gasteiger partial charge on any atom is -0.241 e. The van der Waals surface area contributed by atoms with Crippen LogP contribution in [0.2, 0.25) is 0 Å². The molecule has 0 aliphatic carbocycles. The number of nitrogens with zero attached hydrogens (tertiary/aromatic N) is 2. The van der Waals surface area contributed by atoms with Crippen LogP contribution in [0.4, 0.5) is 4.48 Å². The molecule has 4 heteroatoms. The lowest BCUT2D eigenvalue weighted by molar-refractivity contribution is 0.360. The molecule has 7 heavy (non-hydrogen) atoms. The average molecular weight is 165 g/mol. The number of imidazole rings is 1. The van der Waals surface area contributed by atoms with Crippen molar-refractivity contribution >= 4 is 15.9 Å². The van der Waals surface area contributed by atoms with Gasteiger partial charge >= 0.3 is 0 Å². The highest BCUT2D eigenvalue weighted by molar-refractivity contribution is 9.10. The smallest absolute Gasteiger partial charge is 0.137 e. The SMILES string of the molecule is Fn1cncc1Br. The third-order valence-electron chi connectivity index (χ3n) is 0.553. The Hall–Kier alpha value is -0.380. The topological polar surface area (TPSA) is 17.8 Å². The predicted octanol–water partition coefficient (Wildman–Crippen LogP) is 1.38. The fourth-order valence-electron chi connectivity index (χ4n) is 0.264. The fourth-order valence-corrected chi connectivity index (χ4v) is 0.473. The number of rotatable bonds is 0. The van der Waals surface area contributed by atoms with Gasteiger partial charge in [0.25, 0.3) is 0 Å². The van der Waals surface area contributed by atoms with E-state index in [9.17, 15) is 4.48 Å². The maximum atomic E-state index is 11.9. The molecule has 0 fully saturated rings. The zero-order valence-electron chi connectivity index (χ0n) is 3.31. The number of halogens is 2. The first-order valence-corrected chi connectivity index (χ1v) is 2.44. The van der Waals surface area contributed by atoms with Crippen molar-refractivity contribution in [1.29, 1.82) is 0 Å². The van der Waals surface area contributed by atoms with Crippen LogP contribution in [0.25, 0.3) is 0 Å². The van der Waals surface area contributed by atoms with Crippen LogP contribution in [0.15, 0.2) is 17.1 Å². The highest BCUT2D eigenvalue weighted by Crippen LogP contribution is 2.05. The van der Waals surface area contributed by atoms with Crippen LogP contribution in [0.5, 0.6) is 0 Å². The van der Waals surface area contributed by atoms with Gasteiger partial charge in [0, 0.05) is 0 Å². The monoisotopic (exact) mass is 164 g/mol. The molecule has 1 aromatic rings. The van der Waals surface area contributed by atoms with Gasteiger partial charge in [0.05, 0.1) is 6.20 Å². The van der Waals surface area contributed by atoms with E-state index in [1.54, 1.807) is 0 Å². The predicted molar refractivity (Wildman–Crippen MR) is 26.4 cm³/mol. The second kappa shape index (κ2) is 1.61. The van der Waals surface area contributed by atoms with Crippen LogP contribution < -0.4 is 0 Å². The van der Waals surface area contributed by atoms with Gasteiger partial charge in [-0.2, -0.15) is 4.79 Å². The molecule has 0 aliphatic heterocycles. The largest absolute Gasteiger partial charge is 0.241 e. The Morgan fingerprint density at radius 1 is 1.86 bits per heavy atom. The molecule has 0 N–H and O–H groups in total. The van der Waals surface area contributed by atoms with Gasteiger partial charge in [-0.3, -0.25) is 0 Å². The zero-order valence-corrected chi connectivity index (χ0v) is 4.89. The van der Waals surface area contributed by atoms with Crippen molar-refractivity contribution < 1.29 is 4.48 Å². The summed E-state index contributed by atoms with van der Waals surface area (Å²) in [4.78, 5) is 3.85. The van der Waals surface area contributed by atoms with Crippen molar-refractivity contribution in [3.8, 4) is 0 Å². The van der Waals surface area contributed by atoms with Gasteiger partial charge in [-0.25, -0.2) is 4.98 Å². The molecule has 0 radical (unpaired) electrons. The summed E-state index contributed by atoms with van der Waals surface area (Å²) in [6.45, 7) is 0. The molecule has 0 amide bonds. The molecular formula is C3H2BrFN2. The normalized spacial score (nSPS) is 9.43. The summed E-state index contributed by atoms with van der Waals surface area (Å²) in [6.07, 6.45) is 2.45. The zero-order chi connectivity index (χ0) is 5.28. The Morgan fingerprint density at radius 2 is 2.57 bits per heavy atom. The van der Waals surface area contributed by atoms with Gasteiger partial charge in [0.1, 0.15) is 10.9 Å². The summed E-state index contributed by atoms with van der Waals surface area (Å²) < 4.78 is 12.2. The van der Waals surface area contributed by atoms with Gasteiger partial charge in [-0.05, 0) is 15.9 Å². The van der Waals surface area contributed by atoms with Crippen molar-refractivity contribution in [3.05, 3.63) is 17.1 Å². The minimum absolute atomic E-state index is 0.340. The first-order valence-electron chi connectivity index (χ1n) is 1.64. The van der Waals surface area contributed by atoms with Crippen LogP contribution in [0, 0.1) is 0 Å². The Bertz CT molecular complexity index is 145. The van der Waals surface area contributed by atoms with E-state index in [1.165, 1.54) is 6.20 Å². The Balaban J connectivity index is 3.12. The Labute approximate surface area is 48.0 Å². The van der Waals surface area contributed by atoms with Gasteiger partial charge < -0.3 is 0 Å². The third kappa shape index (κ3) is 0.796. The summed E-state index contributed by atoms with van der Waals surface area (Å²) in [7, 11) is 0. The summed E-state index contributed by atoms with van der Waals surface area (Å²) in [5, 5.41) is 0. The van der Waals surface area contributed by atoms with Crippen molar-refractivity contribution in [2.45, 2.75) is 0 Å². The fraction of sp³-hybridized carbons (Fsp3) is 0. The van der Waals surface area contributed by atoms with E-state index in [4.69, 9.17) is 0 Å². The first kappa shape index (κ1) is 4.77. The van der Waals surface area contributed by atoms with Crippen LogP contribution in [-0.4, -0.2) is 9.77 Å². The summed E-state index contributed by atoms with van der Waals surface area (Å²) in [5.41, 5.74) is 0. The molecule has 1 aromatic heterocycles. The summed E-state index contributed by atoms with van der Waals surface area (Å²) in [6, 6.07) is 0. The average Bonchev–Trinajstić information content (AvgIpc) is 1.91. The van der Waals surface area contributed by atoms with E-state index in [-0.39, 0.29) is 0 Å². The van der Waals surface area contributed by atoms with E-state index >= 15 is 0 Å². The molecule has 1 rings (SSSR count).